The number of benzene rings is 2. The topological polar surface area (TPSA) is 74.8 Å². The maximum absolute atomic E-state index is 12.9. The van der Waals surface area contributed by atoms with Gasteiger partial charge in [0.25, 0.3) is 15.9 Å². The van der Waals surface area contributed by atoms with Crippen LogP contribution in [0.5, 0.6) is 0 Å². The molecule has 2 aliphatic rings. The molecule has 0 saturated carbocycles. The number of carbonyl (C=O) groups excluding carboxylic acids is 2. The molecular formula is C20H20N2O4S. The third-order valence-corrected chi connectivity index (χ3v) is 7.18. The number of hydrogen-bond acceptors (Lipinski definition) is 4. The summed E-state index contributed by atoms with van der Waals surface area (Å²) in [6.07, 6.45) is 2.76. The molecule has 0 N–H and O–H groups in total. The van der Waals surface area contributed by atoms with Gasteiger partial charge in [-0.25, -0.2) is 12.7 Å². The summed E-state index contributed by atoms with van der Waals surface area (Å²) >= 11 is 0. The van der Waals surface area contributed by atoms with Crippen LogP contribution in [0.4, 0.5) is 0 Å². The van der Waals surface area contributed by atoms with Gasteiger partial charge in [-0.2, -0.15) is 0 Å². The Morgan fingerprint density at radius 2 is 1.85 bits per heavy atom. The summed E-state index contributed by atoms with van der Waals surface area (Å²) in [4.78, 5) is 26.9. The molecule has 0 aromatic heterocycles. The molecule has 6 nitrogen and oxygen atoms in total. The highest BCUT2D eigenvalue weighted by atomic mass is 32.2. The number of sulfonamides is 1. The largest absolute Gasteiger partial charge is 0.337 e. The Kier molecular flexibility index (Phi) is 4.26. The molecule has 1 aliphatic carbocycles. The normalized spacial score (nSPS) is 20.1. The maximum Gasteiger partial charge on any atom is 0.269 e. The molecule has 0 spiro atoms. The van der Waals surface area contributed by atoms with Crippen molar-refractivity contribution < 1.29 is 18.0 Å². The van der Waals surface area contributed by atoms with Crippen LogP contribution >= 0.6 is 0 Å². The number of likely N-dealkylation sites (N-methyl/N-ethyl adjacent to an activating group) is 1. The number of aryl methyl sites for hydroxylation is 1. The zero-order valence-corrected chi connectivity index (χ0v) is 15.8. The van der Waals surface area contributed by atoms with E-state index in [1.807, 2.05) is 18.2 Å². The first kappa shape index (κ1) is 17.7. The van der Waals surface area contributed by atoms with Gasteiger partial charge in [0.2, 0.25) is 5.91 Å². The van der Waals surface area contributed by atoms with Gasteiger partial charge in [-0.3, -0.25) is 9.59 Å². The summed E-state index contributed by atoms with van der Waals surface area (Å²) in [5, 5.41) is 0. The highest BCUT2D eigenvalue weighted by molar-refractivity contribution is 7.90. The second-order valence-corrected chi connectivity index (χ2v) is 8.76. The fourth-order valence-electron chi connectivity index (χ4n) is 3.93. The van der Waals surface area contributed by atoms with E-state index >= 15 is 0 Å². The molecule has 0 fully saturated rings. The van der Waals surface area contributed by atoms with Crippen molar-refractivity contribution in [3.63, 3.8) is 0 Å². The maximum atomic E-state index is 12.9. The van der Waals surface area contributed by atoms with Crippen LogP contribution in [0.3, 0.4) is 0 Å². The lowest BCUT2D eigenvalue weighted by molar-refractivity contribution is -0.132. The van der Waals surface area contributed by atoms with Gasteiger partial charge in [0.05, 0.1) is 11.6 Å². The van der Waals surface area contributed by atoms with Crippen molar-refractivity contribution in [3.8, 4) is 0 Å². The van der Waals surface area contributed by atoms with E-state index in [9.17, 15) is 18.0 Å². The molecule has 2 aromatic rings. The van der Waals surface area contributed by atoms with Crippen molar-refractivity contribution >= 4 is 21.8 Å². The molecule has 0 saturated heterocycles. The minimum atomic E-state index is -3.98. The summed E-state index contributed by atoms with van der Waals surface area (Å²) in [5.41, 5.74) is 2.43. The zero-order chi connectivity index (χ0) is 19.2. The van der Waals surface area contributed by atoms with E-state index in [2.05, 4.69) is 6.07 Å². The molecule has 0 bridgehead atoms. The van der Waals surface area contributed by atoms with Crippen LogP contribution in [0.1, 0.15) is 40.4 Å². The third-order valence-electron chi connectivity index (χ3n) is 5.39. The number of hydrogen-bond donors (Lipinski definition) is 0. The van der Waals surface area contributed by atoms with Crippen molar-refractivity contribution in [2.24, 2.45) is 0 Å². The van der Waals surface area contributed by atoms with Crippen molar-refractivity contribution in [1.29, 1.82) is 0 Å². The van der Waals surface area contributed by atoms with Gasteiger partial charge in [0.15, 0.2) is 0 Å². The number of amides is 2. The van der Waals surface area contributed by atoms with E-state index in [0.29, 0.717) is 4.31 Å². The Balaban J connectivity index is 1.58. The van der Waals surface area contributed by atoms with Gasteiger partial charge >= 0.3 is 0 Å². The molecule has 1 aliphatic heterocycles. The van der Waals surface area contributed by atoms with Crippen LogP contribution < -0.4 is 0 Å². The summed E-state index contributed by atoms with van der Waals surface area (Å²) in [7, 11) is -2.30. The van der Waals surface area contributed by atoms with Gasteiger partial charge in [-0.05, 0) is 42.5 Å². The van der Waals surface area contributed by atoms with E-state index < -0.39 is 22.5 Å². The minimum absolute atomic E-state index is 0.0338. The SMILES string of the molecule is CN(C(=O)CN1C(=O)c2ccccc2S1(=O)=O)C1CCCc2ccccc21. The quantitative estimate of drug-likeness (QED) is 0.814. The summed E-state index contributed by atoms with van der Waals surface area (Å²) in [6.45, 7) is -0.481. The van der Waals surface area contributed by atoms with Crippen LogP contribution in [-0.2, 0) is 21.2 Å². The van der Waals surface area contributed by atoms with E-state index in [-0.39, 0.29) is 22.4 Å². The van der Waals surface area contributed by atoms with Crippen LogP contribution in [0, 0.1) is 0 Å². The van der Waals surface area contributed by atoms with Gasteiger partial charge < -0.3 is 4.90 Å². The second-order valence-electron chi connectivity index (χ2n) is 6.92. The van der Waals surface area contributed by atoms with E-state index in [1.54, 1.807) is 24.1 Å². The second kappa shape index (κ2) is 6.49. The fourth-order valence-corrected chi connectivity index (χ4v) is 5.44. The molecule has 0 radical (unpaired) electrons. The monoisotopic (exact) mass is 384 g/mol. The fraction of sp³-hybridized carbons (Fsp3) is 0.300. The average molecular weight is 384 g/mol. The zero-order valence-electron chi connectivity index (χ0n) is 15.0. The Morgan fingerprint density at radius 1 is 1.15 bits per heavy atom. The predicted molar refractivity (Wildman–Crippen MR) is 99.6 cm³/mol. The van der Waals surface area contributed by atoms with E-state index in [4.69, 9.17) is 0 Å². The lowest BCUT2D eigenvalue weighted by Crippen LogP contribution is -2.43. The smallest absolute Gasteiger partial charge is 0.269 e. The average Bonchev–Trinajstić information content (AvgIpc) is 2.88. The molecule has 1 unspecified atom stereocenters. The van der Waals surface area contributed by atoms with Crippen molar-refractivity contribution in [1.82, 2.24) is 9.21 Å². The van der Waals surface area contributed by atoms with Crippen molar-refractivity contribution in [2.45, 2.75) is 30.2 Å². The number of rotatable bonds is 3. The Morgan fingerprint density at radius 3 is 2.63 bits per heavy atom. The van der Waals surface area contributed by atoms with Gasteiger partial charge in [0.1, 0.15) is 11.4 Å². The van der Waals surface area contributed by atoms with Crippen molar-refractivity contribution in [2.75, 3.05) is 13.6 Å². The molecule has 27 heavy (non-hydrogen) atoms. The first-order chi connectivity index (χ1) is 12.9. The van der Waals surface area contributed by atoms with E-state index in [1.165, 1.54) is 17.7 Å². The molecule has 140 valence electrons. The van der Waals surface area contributed by atoms with Crippen molar-refractivity contribution in [3.05, 3.63) is 65.2 Å². The Bertz CT molecular complexity index is 1030. The molecule has 2 amide bonds. The van der Waals surface area contributed by atoms with Crippen LogP contribution in [-0.4, -0.2) is 43.0 Å². The van der Waals surface area contributed by atoms with Gasteiger partial charge in [-0.1, -0.05) is 36.4 Å². The highest BCUT2D eigenvalue weighted by Crippen LogP contribution is 2.34. The lowest BCUT2D eigenvalue weighted by atomic mass is 9.87. The molecular weight excluding hydrogens is 364 g/mol. The van der Waals surface area contributed by atoms with Crippen LogP contribution in [0.15, 0.2) is 53.4 Å². The molecule has 2 aromatic carbocycles. The molecule has 7 heteroatoms. The minimum Gasteiger partial charge on any atom is -0.337 e. The van der Waals surface area contributed by atoms with Crippen LogP contribution in [0.25, 0.3) is 0 Å². The first-order valence-corrected chi connectivity index (χ1v) is 10.3. The number of nitrogens with zero attached hydrogens (tertiary/aromatic N) is 2. The molecule has 1 heterocycles. The third kappa shape index (κ3) is 2.82. The van der Waals surface area contributed by atoms with Gasteiger partial charge in [-0.15, -0.1) is 0 Å². The van der Waals surface area contributed by atoms with Crippen LogP contribution in [0.2, 0.25) is 0 Å². The molecule has 1 atom stereocenters. The highest BCUT2D eigenvalue weighted by Gasteiger charge is 2.42. The summed E-state index contributed by atoms with van der Waals surface area (Å²) in [6, 6.07) is 13.9. The first-order valence-electron chi connectivity index (χ1n) is 8.91. The molecule has 4 rings (SSSR count). The Labute approximate surface area is 158 Å². The summed E-state index contributed by atoms with van der Waals surface area (Å²) in [5.74, 6) is -1.03. The lowest BCUT2D eigenvalue weighted by Gasteiger charge is -2.34. The number of fused-ring (bicyclic) bond motifs is 2. The van der Waals surface area contributed by atoms with Gasteiger partial charge in [0, 0.05) is 7.05 Å². The number of carbonyl (C=O) groups is 2. The Hall–Kier alpha value is -2.67. The van der Waals surface area contributed by atoms with E-state index in [0.717, 1.165) is 24.8 Å². The predicted octanol–water partition coefficient (Wildman–Crippen LogP) is 2.37. The standard InChI is InChI=1S/C20H20N2O4S/c1-21(17-11-6-8-14-7-2-3-9-15(14)17)19(23)13-22-20(24)16-10-4-5-12-18(16)27(22,25)26/h2-5,7,9-10,12,17H,6,8,11,13H2,1H3. The summed E-state index contributed by atoms with van der Waals surface area (Å²) < 4.78 is 26.0.